The van der Waals surface area contributed by atoms with Crippen molar-refractivity contribution in [3.05, 3.63) is 101 Å². The van der Waals surface area contributed by atoms with Crippen LogP contribution in [0, 0.1) is 0 Å². The highest BCUT2D eigenvalue weighted by atomic mass is 35.5. The highest BCUT2D eigenvalue weighted by Crippen LogP contribution is 2.23. The molecule has 2 unspecified atom stereocenters. The van der Waals surface area contributed by atoms with E-state index >= 15 is 0 Å². The molecule has 0 spiro atoms. The lowest BCUT2D eigenvalue weighted by atomic mass is 10.0. The maximum absolute atomic E-state index is 12.8. The molecule has 2 atom stereocenters. The normalized spacial score (nSPS) is 12.9. The van der Waals surface area contributed by atoms with E-state index in [-0.39, 0.29) is 18.1 Å². The van der Waals surface area contributed by atoms with Crippen LogP contribution in [0.4, 0.5) is 5.69 Å². The van der Waals surface area contributed by atoms with E-state index in [1.807, 2.05) is 61.5 Å². The number of hydrogen-bond acceptors (Lipinski definition) is 3. The summed E-state index contributed by atoms with van der Waals surface area (Å²) >= 11 is 6.02. The van der Waals surface area contributed by atoms with E-state index < -0.39 is 0 Å². The molecule has 0 saturated carbocycles. The van der Waals surface area contributed by atoms with E-state index in [1.54, 1.807) is 24.3 Å². The van der Waals surface area contributed by atoms with E-state index in [0.717, 1.165) is 11.1 Å². The molecule has 0 saturated heterocycles. The van der Waals surface area contributed by atoms with Crippen molar-refractivity contribution < 1.29 is 9.53 Å². The van der Waals surface area contributed by atoms with Crippen molar-refractivity contribution in [3.63, 3.8) is 0 Å². The van der Waals surface area contributed by atoms with Gasteiger partial charge in [-0.3, -0.25) is 4.79 Å². The molecular formula is C23H23ClN2O2. The minimum Gasteiger partial charge on any atom is -0.399 e. The molecule has 0 aliphatic rings. The third-order valence-corrected chi connectivity index (χ3v) is 4.77. The first-order valence-electron chi connectivity index (χ1n) is 9.10. The van der Waals surface area contributed by atoms with Crippen molar-refractivity contribution in [3.8, 4) is 0 Å². The number of ether oxygens (including phenoxy) is 1. The van der Waals surface area contributed by atoms with Crippen molar-refractivity contribution >= 4 is 23.2 Å². The third-order valence-electron chi connectivity index (χ3n) is 4.51. The highest BCUT2D eigenvalue weighted by molar-refractivity contribution is 6.30. The second-order valence-corrected chi connectivity index (χ2v) is 7.06. The topological polar surface area (TPSA) is 64.3 Å². The summed E-state index contributed by atoms with van der Waals surface area (Å²) in [5.41, 5.74) is 8.88. The Bertz CT molecular complexity index is 896. The summed E-state index contributed by atoms with van der Waals surface area (Å²) in [6.07, 6.45) is -0.251. The standard InChI is InChI=1S/C23H23ClN2O2/c1-16(28-15-17-5-3-2-4-6-17)22(18-7-11-20(24)12-8-18)26-23(27)19-9-13-21(25)14-10-19/h2-14,16,22H,15,25H2,1H3,(H,26,27). The molecule has 28 heavy (non-hydrogen) atoms. The molecule has 3 aromatic carbocycles. The molecule has 3 aromatic rings. The summed E-state index contributed by atoms with van der Waals surface area (Å²) in [6.45, 7) is 2.41. The fraction of sp³-hybridized carbons (Fsp3) is 0.174. The number of carbonyl (C=O) groups is 1. The molecule has 0 fully saturated rings. The van der Waals surface area contributed by atoms with Crippen LogP contribution in [-0.2, 0) is 11.3 Å². The Morgan fingerprint density at radius 1 is 1.00 bits per heavy atom. The average molecular weight is 395 g/mol. The van der Waals surface area contributed by atoms with E-state index in [2.05, 4.69) is 5.32 Å². The number of nitrogen functional groups attached to an aromatic ring is 1. The molecule has 3 N–H and O–H groups in total. The first-order valence-corrected chi connectivity index (χ1v) is 9.48. The van der Waals surface area contributed by atoms with Crippen molar-refractivity contribution in [1.82, 2.24) is 5.32 Å². The number of rotatable bonds is 7. The second kappa shape index (κ2) is 9.40. The minimum absolute atomic E-state index is 0.185. The predicted molar refractivity (Wildman–Crippen MR) is 113 cm³/mol. The molecule has 3 rings (SSSR count). The number of anilines is 1. The van der Waals surface area contributed by atoms with Crippen LogP contribution in [-0.4, -0.2) is 12.0 Å². The Morgan fingerprint density at radius 3 is 2.29 bits per heavy atom. The Balaban J connectivity index is 1.77. The number of hydrogen-bond donors (Lipinski definition) is 2. The van der Waals surface area contributed by atoms with E-state index in [9.17, 15) is 4.79 Å². The van der Waals surface area contributed by atoms with Crippen LogP contribution in [0.25, 0.3) is 0 Å². The number of carbonyl (C=O) groups excluding carboxylic acids is 1. The number of halogens is 1. The molecule has 0 bridgehead atoms. The third kappa shape index (κ3) is 5.35. The van der Waals surface area contributed by atoms with Crippen LogP contribution in [0.1, 0.15) is 34.5 Å². The molecular weight excluding hydrogens is 372 g/mol. The Kier molecular flexibility index (Phi) is 6.69. The van der Waals surface area contributed by atoms with Gasteiger partial charge in [-0.2, -0.15) is 0 Å². The van der Waals surface area contributed by atoms with Gasteiger partial charge in [0.15, 0.2) is 0 Å². The van der Waals surface area contributed by atoms with Gasteiger partial charge in [0.25, 0.3) is 5.91 Å². The summed E-state index contributed by atoms with van der Waals surface area (Å²) in [5, 5.41) is 3.72. The van der Waals surface area contributed by atoms with Gasteiger partial charge in [-0.05, 0) is 54.4 Å². The first kappa shape index (κ1) is 19.9. The molecule has 0 aliphatic heterocycles. The summed E-state index contributed by atoms with van der Waals surface area (Å²) in [5.74, 6) is -0.185. The summed E-state index contributed by atoms with van der Waals surface area (Å²) < 4.78 is 6.06. The van der Waals surface area contributed by atoms with Crippen molar-refractivity contribution in [2.75, 3.05) is 5.73 Å². The van der Waals surface area contributed by atoms with Gasteiger partial charge in [0, 0.05) is 16.3 Å². The van der Waals surface area contributed by atoms with Crippen molar-refractivity contribution in [2.45, 2.75) is 25.7 Å². The zero-order valence-electron chi connectivity index (χ0n) is 15.6. The van der Waals surface area contributed by atoms with E-state index in [0.29, 0.717) is 22.9 Å². The molecule has 0 heterocycles. The molecule has 144 valence electrons. The van der Waals surface area contributed by atoms with Crippen LogP contribution in [0.3, 0.4) is 0 Å². The number of benzene rings is 3. The summed E-state index contributed by atoms with van der Waals surface area (Å²) in [6, 6.07) is 23.9. The molecule has 0 radical (unpaired) electrons. The van der Waals surface area contributed by atoms with Crippen LogP contribution in [0.5, 0.6) is 0 Å². The maximum Gasteiger partial charge on any atom is 0.251 e. The molecule has 5 heteroatoms. The Hall–Kier alpha value is -2.82. The lowest BCUT2D eigenvalue weighted by Gasteiger charge is -2.26. The predicted octanol–water partition coefficient (Wildman–Crippen LogP) is 5.00. The zero-order chi connectivity index (χ0) is 19.9. The van der Waals surface area contributed by atoms with Crippen molar-refractivity contribution in [2.24, 2.45) is 0 Å². The van der Waals surface area contributed by atoms with Crippen LogP contribution < -0.4 is 11.1 Å². The van der Waals surface area contributed by atoms with Crippen molar-refractivity contribution in [1.29, 1.82) is 0 Å². The van der Waals surface area contributed by atoms with Gasteiger partial charge >= 0.3 is 0 Å². The van der Waals surface area contributed by atoms with Gasteiger partial charge in [0.2, 0.25) is 0 Å². The van der Waals surface area contributed by atoms with Gasteiger partial charge in [-0.25, -0.2) is 0 Å². The summed E-state index contributed by atoms with van der Waals surface area (Å²) in [7, 11) is 0. The van der Waals surface area contributed by atoms with Crippen LogP contribution in [0.2, 0.25) is 5.02 Å². The lowest BCUT2D eigenvalue weighted by molar-refractivity contribution is 0.0257. The molecule has 4 nitrogen and oxygen atoms in total. The smallest absolute Gasteiger partial charge is 0.251 e. The average Bonchev–Trinajstić information content (AvgIpc) is 2.72. The lowest BCUT2D eigenvalue weighted by Crippen LogP contribution is -2.36. The number of amides is 1. The second-order valence-electron chi connectivity index (χ2n) is 6.63. The molecule has 0 aliphatic carbocycles. The zero-order valence-corrected chi connectivity index (χ0v) is 16.4. The van der Waals surface area contributed by atoms with E-state index in [1.165, 1.54) is 0 Å². The fourth-order valence-corrected chi connectivity index (χ4v) is 3.03. The number of nitrogens with one attached hydrogen (secondary N) is 1. The van der Waals surface area contributed by atoms with Crippen LogP contribution in [0.15, 0.2) is 78.9 Å². The van der Waals surface area contributed by atoms with Gasteiger partial charge in [-0.15, -0.1) is 0 Å². The SMILES string of the molecule is CC(OCc1ccccc1)C(NC(=O)c1ccc(N)cc1)c1ccc(Cl)cc1. The fourth-order valence-electron chi connectivity index (χ4n) is 2.90. The minimum atomic E-state index is -0.328. The summed E-state index contributed by atoms with van der Waals surface area (Å²) in [4.78, 5) is 12.8. The van der Waals surface area contributed by atoms with Gasteiger partial charge in [0.1, 0.15) is 0 Å². The molecule has 1 amide bonds. The van der Waals surface area contributed by atoms with Gasteiger partial charge < -0.3 is 15.8 Å². The first-order chi connectivity index (χ1) is 13.5. The van der Waals surface area contributed by atoms with Crippen LogP contribution >= 0.6 is 11.6 Å². The van der Waals surface area contributed by atoms with Gasteiger partial charge in [-0.1, -0.05) is 54.1 Å². The highest BCUT2D eigenvalue weighted by Gasteiger charge is 2.23. The van der Waals surface area contributed by atoms with E-state index in [4.69, 9.17) is 22.1 Å². The Labute approximate surface area is 170 Å². The van der Waals surface area contributed by atoms with Gasteiger partial charge in [0.05, 0.1) is 18.8 Å². The monoisotopic (exact) mass is 394 g/mol. The largest absolute Gasteiger partial charge is 0.399 e. The molecule has 0 aromatic heterocycles. The number of nitrogens with two attached hydrogens (primary N) is 1. The Morgan fingerprint density at radius 2 is 1.64 bits per heavy atom. The quantitative estimate of drug-likeness (QED) is 0.554. The maximum atomic E-state index is 12.8.